The quantitative estimate of drug-likeness (QED) is 0.281. The number of hydrogen-bond donors (Lipinski definition) is 4. The molecule has 2 aromatic carbocycles. The van der Waals surface area contributed by atoms with E-state index in [1.807, 2.05) is 38.1 Å². The number of aliphatic hydroxyl groups excluding tert-OH is 2. The number of thiazole rings is 1. The molecule has 0 bridgehead atoms. The molecular weight excluding hydrogens is 574 g/mol. The van der Waals surface area contributed by atoms with E-state index in [4.69, 9.17) is 9.72 Å². The standard InChI is InChI=1S/C31H39N3O6S2/c1-19-9-11-21(12-10-19)42(38,39)34-29-33-28-22(15-27(37)32-17-20-7-5-6-8-23(20)40-4)30(2)14-13-26(36)31(3,18-35)25(30)16-24(28)41-29/h5-12,22,25-26,35-36H,13-18H2,1-4H3,(H,32,37)(H,33,34). The van der Waals surface area contributed by atoms with Crippen LogP contribution >= 0.6 is 11.3 Å². The average Bonchev–Trinajstić information content (AvgIpc) is 3.36. The molecule has 1 heterocycles. The van der Waals surface area contributed by atoms with Crippen LogP contribution in [0.15, 0.2) is 53.4 Å². The van der Waals surface area contributed by atoms with Crippen LogP contribution in [0.1, 0.15) is 60.7 Å². The molecule has 5 rings (SSSR count). The van der Waals surface area contributed by atoms with Gasteiger partial charge in [0, 0.05) is 34.7 Å². The van der Waals surface area contributed by atoms with Crippen LogP contribution in [0.25, 0.3) is 0 Å². The molecule has 226 valence electrons. The average molecular weight is 614 g/mol. The van der Waals surface area contributed by atoms with Gasteiger partial charge >= 0.3 is 0 Å². The van der Waals surface area contributed by atoms with E-state index in [1.165, 1.54) is 11.3 Å². The van der Waals surface area contributed by atoms with E-state index in [-0.39, 0.29) is 40.8 Å². The number of para-hydroxylation sites is 1. The van der Waals surface area contributed by atoms with Crippen LogP contribution in [0.3, 0.4) is 0 Å². The van der Waals surface area contributed by atoms with Gasteiger partial charge in [-0.25, -0.2) is 13.4 Å². The minimum atomic E-state index is -3.87. The van der Waals surface area contributed by atoms with Crippen LogP contribution < -0.4 is 14.8 Å². The molecule has 11 heteroatoms. The second-order valence-electron chi connectivity index (χ2n) is 12.1. The lowest BCUT2D eigenvalue weighted by Gasteiger charge is -2.58. The van der Waals surface area contributed by atoms with Gasteiger partial charge in [0.05, 0.1) is 30.4 Å². The van der Waals surface area contributed by atoms with Crippen molar-refractivity contribution < 1.29 is 28.2 Å². The van der Waals surface area contributed by atoms with Crippen molar-refractivity contribution in [1.29, 1.82) is 0 Å². The third-order valence-corrected chi connectivity index (χ3v) is 12.0. The lowest BCUT2D eigenvalue weighted by molar-refractivity contribution is -0.144. The third kappa shape index (κ3) is 5.55. The molecule has 0 aliphatic heterocycles. The highest BCUT2D eigenvalue weighted by molar-refractivity contribution is 7.93. The zero-order chi connectivity index (χ0) is 30.3. The number of nitrogens with zero attached hydrogens (tertiary/aromatic N) is 1. The monoisotopic (exact) mass is 613 g/mol. The molecule has 1 amide bonds. The summed E-state index contributed by atoms with van der Waals surface area (Å²) < 4.78 is 34.4. The number of fused-ring (bicyclic) bond motifs is 2. The first-order valence-electron chi connectivity index (χ1n) is 14.2. The number of methoxy groups -OCH3 is 1. The van der Waals surface area contributed by atoms with Crippen molar-refractivity contribution in [2.24, 2.45) is 16.7 Å². The van der Waals surface area contributed by atoms with Crippen molar-refractivity contribution >= 4 is 32.4 Å². The molecule has 5 unspecified atom stereocenters. The maximum Gasteiger partial charge on any atom is 0.263 e. The van der Waals surface area contributed by atoms with Crippen LogP contribution in [0.4, 0.5) is 5.13 Å². The number of aliphatic hydroxyl groups is 2. The van der Waals surface area contributed by atoms with Crippen LogP contribution in [-0.4, -0.2) is 49.3 Å². The molecule has 42 heavy (non-hydrogen) atoms. The summed E-state index contributed by atoms with van der Waals surface area (Å²) in [7, 11) is -2.28. The van der Waals surface area contributed by atoms with E-state index in [2.05, 4.69) is 17.0 Å². The normalized spacial score (nSPS) is 27.0. The fourth-order valence-corrected chi connectivity index (χ4v) is 9.18. The maximum atomic E-state index is 13.5. The fourth-order valence-electron chi connectivity index (χ4n) is 6.88. The minimum Gasteiger partial charge on any atom is -0.496 e. The lowest BCUT2D eigenvalue weighted by Crippen LogP contribution is -2.57. The van der Waals surface area contributed by atoms with Crippen LogP contribution in [0.5, 0.6) is 5.75 Å². The van der Waals surface area contributed by atoms with Crippen LogP contribution in [-0.2, 0) is 27.8 Å². The smallest absolute Gasteiger partial charge is 0.263 e. The van der Waals surface area contributed by atoms with E-state index in [9.17, 15) is 23.4 Å². The predicted octanol–water partition coefficient (Wildman–Crippen LogP) is 4.38. The van der Waals surface area contributed by atoms with Crippen molar-refractivity contribution in [3.63, 3.8) is 0 Å². The van der Waals surface area contributed by atoms with E-state index < -0.39 is 27.0 Å². The van der Waals surface area contributed by atoms with Crippen molar-refractivity contribution in [2.75, 3.05) is 18.4 Å². The van der Waals surface area contributed by atoms with Gasteiger partial charge in [0.2, 0.25) is 5.91 Å². The van der Waals surface area contributed by atoms with Gasteiger partial charge in [-0.3, -0.25) is 9.52 Å². The highest BCUT2D eigenvalue weighted by atomic mass is 32.2. The molecule has 1 aromatic heterocycles. The molecule has 2 aliphatic rings. The number of carbonyl (C=O) groups excluding carboxylic acids is 1. The van der Waals surface area contributed by atoms with Gasteiger partial charge in [-0.2, -0.15) is 0 Å². The summed E-state index contributed by atoms with van der Waals surface area (Å²) in [6, 6.07) is 14.1. The van der Waals surface area contributed by atoms with Crippen molar-refractivity contribution in [3.05, 3.63) is 70.2 Å². The summed E-state index contributed by atoms with van der Waals surface area (Å²) in [5.41, 5.74) is 1.30. The summed E-state index contributed by atoms with van der Waals surface area (Å²) in [5, 5.41) is 24.8. The number of benzene rings is 2. The Labute approximate surface area is 251 Å². The molecule has 0 spiro atoms. The second kappa shape index (κ2) is 11.6. The Balaban J connectivity index is 1.47. The number of ether oxygens (including phenoxy) is 1. The van der Waals surface area contributed by atoms with Gasteiger partial charge in [-0.05, 0) is 55.7 Å². The molecule has 0 saturated heterocycles. The minimum absolute atomic E-state index is 0.139. The van der Waals surface area contributed by atoms with Gasteiger partial charge < -0.3 is 20.3 Å². The first-order valence-corrected chi connectivity index (χ1v) is 16.5. The van der Waals surface area contributed by atoms with Gasteiger partial charge in [-0.1, -0.05) is 49.7 Å². The van der Waals surface area contributed by atoms with Gasteiger partial charge in [0.15, 0.2) is 5.13 Å². The summed E-state index contributed by atoms with van der Waals surface area (Å²) in [5.74, 6) is 0.0524. The van der Waals surface area contributed by atoms with Gasteiger partial charge in [0.25, 0.3) is 10.0 Å². The Bertz CT molecular complexity index is 1560. The number of rotatable bonds is 9. The van der Waals surface area contributed by atoms with Crippen LogP contribution in [0, 0.1) is 23.7 Å². The zero-order valence-electron chi connectivity index (χ0n) is 24.4. The third-order valence-electron chi connectivity index (χ3n) is 9.50. The molecule has 1 saturated carbocycles. The number of aryl methyl sites for hydroxylation is 1. The van der Waals surface area contributed by atoms with Crippen molar-refractivity contribution in [3.8, 4) is 5.75 Å². The molecule has 1 fully saturated rings. The molecule has 2 aliphatic carbocycles. The summed E-state index contributed by atoms with van der Waals surface area (Å²) in [6.07, 6.45) is 1.13. The number of carbonyl (C=O) groups is 1. The first kappa shape index (κ1) is 30.5. The Morgan fingerprint density at radius 3 is 2.57 bits per heavy atom. The number of aromatic nitrogens is 1. The van der Waals surface area contributed by atoms with Gasteiger partial charge in [0.1, 0.15) is 5.75 Å². The van der Waals surface area contributed by atoms with Crippen LogP contribution in [0.2, 0.25) is 0 Å². The number of nitrogens with one attached hydrogen (secondary N) is 2. The number of hydrogen-bond acceptors (Lipinski definition) is 8. The van der Waals surface area contributed by atoms with Gasteiger partial charge in [-0.15, -0.1) is 11.3 Å². The molecule has 4 N–H and O–H groups in total. The zero-order valence-corrected chi connectivity index (χ0v) is 26.0. The topological polar surface area (TPSA) is 138 Å². The predicted molar refractivity (Wildman–Crippen MR) is 162 cm³/mol. The molecule has 3 aromatic rings. The highest BCUT2D eigenvalue weighted by Gasteiger charge is 2.59. The number of sulfonamides is 1. The number of amides is 1. The Morgan fingerprint density at radius 1 is 1.17 bits per heavy atom. The fraction of sp³-hybridized carbons (Fsp3) is 0.484. The highest BCUT2D eigenvalue weighted by Crippen LogP contribution is 2.62. The van der Waals surface area contributed by atoms with E-state index >= 15 is 0 Å². The Morgan fingerprint density at radius 2 is 1.88 bits per heavy atom. The number of anilines is 1. The molecule has 9 nitrogen and oxygen atoms in total. The van der Waals surface area contributed by atoms with Crippen molar-refractivity contribution in [1.82, 2.24) is 10.3 Å². The second-order valence-corrected chi connectivity index (χ2v) is 14.8. The maximum absolute atomic E-state index is 13.5. The first-order chi connectivity index (χ1) is 19.9. The summed E-state index contributed by atoms with van der Waals surface area (Å²) >= 11 is 1.26. The summed E-state index contributed by atoms with van der Waals surface area (Å²) in [4.78, 5) is 19.3. The Kier molecular flexibility index (Phi) is 8.41. The van der Waals surface area contributed by atoms with E-state index in [1.54, 1.807) is 31.4 Å². The van der Waals surface area contributed by atoms with E-state index in [0.29, 0.717) is 37.3 Å². The summed E-state index contributed by atoms with van der Waals surface area (Å²) in [6.45, 7) is 6.03. The molecule has 0 radical (unpaired) electrons. The van der Waals surface area contributed by atoms with E-state index in [0.717, 1.165) is 16.0 Å². The molecular formula is C31H39N3O6S2. The Hall–Kier alpha value is -2.99. The molecule has 5 atom stereocenters. The lowest BCUT2D eigenvalue weighted by atomic mass is 9.47. The van der Waals surface area contributed by atoms with Crippen molar-refractivity contribution in [2.45, 2.75) is 69.9 Å². The largest absolute Gasteiger partial charge is 0.496 e. The SMILES string of the molecule is COc1ccccc1CNC(=O)CC1c2nc(NS(=O)(=O)c3ccc(C)cc3)sc2CC2C(C)(CO)C(O)CCC12C.